The summed E-state index contributed by atoms with van der Waals surface area (Å²) in [7, 11) is 1.78. The van der Waals surface area contributed by atoms with E-state index in [1.54, 1.807) is 7.05 Å². The van der Waals surface area contributed by atoms with E-state index in [1.807, 2.05) is 22.9 Å². The van der Waals surface area contributed by atoms with Crippen molar-refractivity contribution in [1.29, 1.82) is 0 Å². The Balaban J connectivity index is 2.19. The van der Waals surface area contributed by atoms with Gasteiger partial charge in [-0.3, -0.25) is 0 Å². The van der Waals surface area contributed by atoms with E-state index in [0.29, 0.717) is 0 Å². The van der Waals surface area contributed by atoms with Crippen molar-refractivity contribution in [2.75, 3.05) is 7.05 Å². The van der Waals surface area contributed by atoms with Crippen molar-refractivity contribution in [2.45, 2.75) is 0 Å². The molecule has 0 heterocycles. The molecule has 0 aromatic heterocycles. The fourth-order valence-electron chi connectivity index (χ4n) is 0.0472. The van der Waals surface area contributed by atoms with Crippen LogP contribution in [0.15, 0.2) is 0 Å². The maximum Gasteiger partial charge on any atom is 0.0346 e. The van der Waals surface area contributed by atoms with Gasteiger partial charge in [0.25, 0.3) is 0 Å². The zero-order chi connectivity index (χ0) is 4.12. The minimum absolute atomic E-state index is 1.78. The van der Waals surface area contributed by atoms with Gasteiger partial charge in [0.15, 0.2) is 0 Å². The van der Waals surface area contributed by atoms with E-state index in [9.17, 15) is 0 Å². The highest BCUT2D eigenvalue weighted by molar-refractivity contribution is 14.1. The standard InChI is InChI=1S/CH6IN3/c1-3-5-4-2/h3-5H,1H3. The third-order valence-electron chi connectivity index (χ3n) is 0.172. The van der Waals surface area contributed by atoms with Gasteiger partial charge < -0.3 is 0 Å². The molecule has 0 aliphatic rings. The largest absolute Gasteiger partial charge is 0.247 e. The minimum atomic E-state index is 1.78. The van der Waals surface area contributed by atoms with Crippen molar-refractivity contribution in [2.24, 2.45) is 0 Å². The molecule has 32 valence electrons. The molecule has 3 nitrogen and oxygen atoms in total. The summed E-state index contributed by atoms with van der Waals surface area (Å²) in [4.78, 5) is 0. The Morgan fingerprint density at radius 3 is 2.20 bits per heavy atom. The average Bonchev–Trinajstić information content (AvgIpc) is 1.41. The predicted octanol–water partition coefficient (Wildman–Crippen LogP) is -0.435. The fraction of sp³-hybridized carbons (Fsp3) is 1.00. The predicted molar refractivity (Wildman–Crippen MR) is 29.4 cm³/mol. The van der Waals surface area contributed by atoms with Gasteiger partial charge >= 0.3 is 0 Å². The van der Waals surface area contributed by atoms with Crippen molar-refractivity contribution >= 4 is 22.9 Å². The smallest absolute Gasteiger partial charge is 0.0346 e. The van der Waals surface area contributed by atoms with Gasteiger partial charge in [-0.05, 0) is 7.05 Å². The van der Waals surface area contributed by atoms with Crippen molar-refractivity contribution in [3.63, 3.8) is 0 Å². The summed E-state index contributed by atoms with van der Waals surface area (Å²) >= 11 is 1.96. The van der Waals surface area contributed by atoms with Gasteiger partial charge in [-0.2, -0.15) is 9.17 Å². The third-order valence-corrected chi connectivity index (χ3v) is 0.442. The van der Waals surface area contributed by atoms with Crippen LogP contribution >= 0.6 is 22.9 Å². The number of halogens is 1. The number of rotatable bonds is 2. The average molecular weight is 187 g/mol. The molecule has 0 aromatic carbocycles. The van der Waals surface area contributed by atoms with Crippen molar-refractivity contribution in [1.82, 2.24) is 14.6 Å². The van der Waals surface area contributed by atoms with Crippen LogP contribution < -0.4 is 14.6 Å². The maximum absolute atomic E-state index is 2.65. The first-order valence-corrected chi connectivity index (χ1v) is 2.27. The molecule has 0 unspecified atom stereocenters. The topological polar surface area (TPSA) is 36.1 Å². The van der Waals surface area contributed by atoms with E-state index < -0.39 is 0 Å². The second-order valence-electron chi connectivity index (χ2n) is 0.469. The van der Waals surface area contributed by atoms with Gasteiger partial charge in [-0.1, -0.05) is 0 Å². The van der Waals surface area contributed by atoms with Gasteiger partial charge in [0.1, 0.15) is 0 Å². The second-order valence-corrected chi connectivity index (χ2v) is 1.01. The molecule has 0 atom stereocenters. The molecular weight excluding hydrogens is 181 g/mol. The molecule has 0 aliphatic carbocycles. The lowest BCUT2D eigenvalue weighted by Gasteiger charge is -1.90. The Hall–Kier alpha value is 0.610. The van der Waals surface area contributed by atoms with Gasteiger partial charge in [0.2, 0.25) is 0 Å². The lowest BCUT2D eigenvalue weighted by molar-refractivity contribution is 0.602. The Kier molecular flexibility index (Phi) is 5.17. The minimum Gasteiger partial charge on any atom is -0.247 e. The van der Waals surface area contributed by atoms with Gasteiger partial charge in [0, 0.05) is 22.9 Å². The quantitative estimate of drug-likeness (QED) is 0.311. The molecule has 0 amide bonds. The molecule has 0 bridgehead atoms. The Bertz CT molecular complexity index is 14.4. The molecule has 3 N–H and O–H groups in total. The second kappa shape index (κ2) is 4.61. The zero-order valence-electron chi connectivity index (χ0n) is 2.88. The zero-order valence-corrected chi connectivity index (χ0v) is 5.04. The highest BCUT2D eigenvalue weighted by Crippen LogP contribution is 1.51. The van der Waals surface area contributed by atoms with Crippen LogP contribution in [0.3, 0.4) is 0 Å². The van der Waals surface area contributed by atoms with Crippen LogP contribution in [0.2, 0.25) is 0 Å². The first-order valence-electron chi connectivity index (χ1n) is 1.19. The normalized spacial score (nSPS) is 8.40. The van der Waals surface area contributed by atoms with E-state index >= 15 is 0 Å². The van der Waals surface area contributed by atoms with Gasteiger partial charge in [-0.15, -0.1) is 0 Å². The van der Waals surface area contributed by atoms with Crippen LogP contribution in [0.1, 0.15) is 0 Å². The summed E-state index contributed by atoms with van der Waals surface area (Å²) in [5, 5.41) is 0. The van der Waals surface area contributed by atoms with Crippen LogP contribution in [0, 0.1) is 0 Å². The molecule has 0 saturated carbocycles. The van der Waals surface area contributed by atoms with Crippen LogP contribution in [-0.4, -0.2) is 7.05 Å². The molecule has 0 spiro atoms. The van der Waals surface area contributed by atoms with Crippen LogP contribution in [0.4, 0.5) is 0 Å². The van der Waals surface area contributed by atoms with E-state index in [-0.39, 0.29) is 0 Å². The fourth-order valence-corrected chi connectivity index (χ4v) is 0.317. The van der Waals surface area contributed by atoms with Gasteiger partial charge in [-0.25, -0.2) is 5.43 Å². The molecule has 0 radical (unpaired) electrons. The molecular formula is CH6IN3. The lowest BCUT2D eigenvalue weighted by Crippen LogP contribution is -2.33. The Labute approximate surface area is 44.9 Å². The highest BCUT2D eigenvalue weighted by Gasteiger charge is 1.57. The summed E-state index contributed by atoms with van der Waals surface area (Å²) in [5.41, 5.74) is 5.25. The monoisotopic (exact) mass is 187 g/mol. The number of hydrazine groups is 2. The number of nitrogens with one attached hydrogen (secondary N) is 3. The number of hydrogen-bond donors (Lipinski definition) is 3. The van der Waals surface area contributed by atoms with E-state index in [2.05, 4.69) is 14.6 Å². The summed E-state index contributed by atoms with van der Waals surface area (Å²) in [6.45, 7) is 0. The summed E-state index contributed by atoms with van der Waals surface area (Å²) in [5.74, 6) is 0. The van der Waals surface area contributed by atoms with Crippen LogP contribution in [0.25, 0.3) is 0 Å². The molecule has 0 fully saturated rings. The first-order chi connectivity index (χ1) is 2.41. The molecule has 0 saturated heterocycles. The van der Waals surface area contributed by atoms with Crippen LogP contribution in [0.5, 0.6) is 0 Å². The molecule has 0 rings (SSSR count). The van der Waals surface area contributed by atoms with E-state index in [4.69, 9.17) is 0 Å². The summed E-state index contributed by atoms with van der Waals surface area (Å²) in [6, 6.07) is 0. The third kappa shape index (κ3) is 4.61. The SMILES string of the molecule is CNNNI. The van der Waals surface area contributed by atoms with E-state index in [0.717, 1.165) is 0 Å². The summed E-state index contributed by atoms with van der Waals surface area (Å²) < 4.78 is 2.63. The van der Waals surface area contributed by atoms with Crippen molar-refractivity contribution in [3.05, 3.63) is 0 Å². The lowest BCUT2D eigenvalue weighted by atomic mass is 11.5. The Morgan fingerprint density at radius 2 is 2.20 bits per heavy atom. The molecule has 0 aromatic rings. The van der Waals surface area contributed by atoms with Crippen molar-refractivity contribution in [3.8, 4) is 0 Å². The maximum atomic E-state index is 2.65. The van der Waals surface area contributed by atoms with Gasteiger partial charge in [0.05, 0.1) is 0 Å². The highest BCUT2D eigenvalue weighted by atomic mass is 127. The first kappa shape index (κ1) is 5.61. The molecule has 0 aliphatic heterocycles. The molecule has 4 heteroatoms. The van der Waals surface area contributed by atoms with Crippen LogP contribution in [-0.2, 0) is 0 Å². The number of hydrogen-bond acceptors (Lipinski definition) is 3. The van der Waals surface area contributed by atoms with Crippen molar-refractivity contribution < 1.29 is 0 Å². The summed E-state index contributed by atoms with van der Waals surface area (Å²) in [6.07, 6.45) is 0. The Morgan fingerprint density at radius 1 is 1.60 bits per heavy atom. The molecule has 5 heavy (non-hydrogen) atoms. The van der Waals surface area contributed by atoms with E-state index in [1.165, 1.54) is 0 Å².